The largest absolute Gasteiger partial charge is 0.418 e. The molecule has 0 radical (unpaired) electrons. The van der Waals surface area contributed by atoms with Crippen LogP contribution in [-0.2, 0) is 12.8 Å². The van der Waals surface area contributed by atoms with Gasteiger partial charge in [-0.15, -0.1) is 0 Å². The van der Waals surface area contributed by atoms with E-state index in [4.69, 9.17) is 0 Å². The van der Waals surface area contributed by atoms with Gasteiger partial charge < -0.3 is 20.8 Å². The molecule has 72 heavy (non-hydrogen) atoms. The standard InChI is InChI=1S/2C25H20F4N6O/c2*26-16-8-15(10-30-11-16)22-33-23-20(21(36)25(27,28)29)12-31-35(23)24(34-22)32-17-6-5-14-7-13-3-1-2-4-18(13)19(14)9-17/h2*1-4,8,10-12,17,21,36H,5-7,9H2,(H,32,33,34)/t17-,21+;17-,21-/m11/s1. The molecule has 4 aliphatic rings. The third kappa shape index (κ3) is 8.88. The predicted molar refractivity (Wildman–Crippen MR) is 247 cm³/mol. The summed E-state index contributed by atoms with van der Waals surface area (Å²) in [7, 11) is 0. The number of aromatic nitrogens is 10. The molecule has 12 rings (SSSR count). The zero-order valence-electron chi connectivity index (χ0n) is 37.6. The molecule has 22 heteroatoms. The maximum Gasteiger partial charge on any atom is 0.418 e. The molecule has 0 unspecified atom stereocenters. The smallest absolute Gasteiger partial charge is 0.379 e. The van der Waals surface area contributed by atoms with Crippen molar-refractivity contribution in [2.45, 2.75) is 88.0 Å². The number of nitrogens with one attached hydrogen (secondary N) is 2. The summed E-state index contributed by atoms with van der Waals surface area (Å²) < 4.78 is 110. The van der Waals surface area contributed by atoms with Crippen LogP contribution in [0.15, 0.2) is 109 Å². The lowest BCUT2D eigenvalue weighted by Crippen LogP contribution is -2.26. The van der Waals surface area contributed by atoms with Gasteiger partial charge in [0.05, 0.1) is 35.9 Å². The number of hydrogen-bond donors (Lipinski definition) is 4. The van der Waals surface area contributed by atoms with Gasteiger partial charge in [-0.3, -0.25) is 9.97 Å². The summed E-state index contributed by atoms with van der Waals surface area (Å²) >= 11 is 0. The van der Waals surface area contributed by atoms with Gasteiger partial charge >= 0.3 is 12.4 Å². The van der Waals surface area contributed by atoms with Crippen LogP contribution in [0.1, 0.15) is 84.1 Å². The highest BCUT2D eigenvalue weighted by Gasteiger charge is 2.43. The highest BCUT2D eigenvalue weighted by molar-refractivity contribution is 5.79. The van der Waals surface area contributed by atoms with E-state index >= 15 is 0 Å². The molecule has 4 atom stereocenters. The fraction of sp³-hybridized carbons (Fsp3) is 0.280. The Morgan fingerprint density at radius 1 is 0.556 bits per heavy atom. The summed E-state index contributed by atoms with van der Waals surface area (Å²) in [6.07, 6.45) is -2.22. The number of hydrogen-bond acceptors (Lipinski definition) is 12. The van der Waals surface area contributed by atoms with E-state index in [1.165, 1.54) is 56.9 Å². The first-order valence-corrected chi connectivity index (χ1v) is 22.9. The number of aliphatic hydroxyl groups is 2. The van der Waals surface area contributed by atoms with E-state index < -0.39 is 47.3 Å². The zero-order valence-corrected chi connectivity index (χ0v) is 37.6. The minimum Gasteiger partial charge on any atom is -0.379 e. The second-order valence-corrected chi connectivity index (χ2v) is 18.1. The van der Waals surface area contributed by atoms with E-state index in [2.05, 4.69) is 75.0 Å². The van der Waals surface area contributed by atoms with Crippen molar-refractivity contribution in [3.05, 3.63) is 154 Å². The average molecular weight is 993 g/mol. The van der Waals surface area contributed by atoms with Crippen molar-refractivity contribution in [1.82, 2.24) is 49.1 Å². The first-order valence-electron chi connectivity index (χ1n) is 22.9. The molecule has 0 spiro atoms. The second-order valence-electron chi connectivity index (χ2n) is 18.1. The van der Waals surface area contributed by atoms with Crippen molar-refractivity contribution in [2.75, 3.05) is 10.6 Å². The van der Waals surface area contributed by atoms with Crippen molar-refractivity contribution in [1.29, 1.82) is 0 Å². The van der Waals surface area contributed by atoms with Gasteiger partial charge in [-0.1, -0.05) is 59.7 Å². The molecule has 0 saturated heterocycles. The molecular formula is C50H40F8N12O2. The number of anilines is 2. The lowest BCUT2D eigenvalue weighted by Gasteiger charge is -2.26. The Labute approximate surface area is 403 Å². The van der Waals surface area contributed by atoms with Crippen LogP contribution < -0.4 is 10.6 Å². The van der Waals surface area contributed by atoms with Crippen LogP contribution in [0, 0.1) is 11.6 Å². The summed E-state index contributed by atoms with van der Waals surface area (Å²) in [5, 5.41) is 34.6. The normalized spacial score (nSPS) is 18.3. The summed E-state index contributed by atoms with van der Waals surface area (Å²) in [6, 6.07) is 18.7. The van der Waals surface area contributed by atoms with Crippen LogP contribution in [0.5, 0.6) is 0 Å². The number of halogens is 8. The van der Waals surface area contributed by atoms with Crippen LogP contribution in [0.25, 0.3) is 45.2 Å². The molecule has 0 fully saturated rings. The molecular weight excluding hydrogens is 953 g/mol. The number of pyridine rings is 2. The van der Waals surface area contributed by atoms with Crippen LogP contribution >= 0.6 is 0 Å². The Balaban J connectivity index is 0.000000156. The Morgan fingerprint density at radius 3 is 1.38 bits per heavy atom. The van der Waals surface area contributed by atoms with Gasteiger partial charge in [0.25, 0.3) is 0 Å². The van der Waals surface area contributed by atoms with Crippen LogP contribution in [0.3, 0.4) is 0 Å². The second kappa shape index (κ2) is 18.2. The molecule has 0 amide bonds. The molecule has 0 aliphatic heterocycles. The van der Waals surface area contributed by atoms with Crippen molar-refractivity contribution in [3.63, 3.8) is 0 Å². The fourth-order valence-corrected chi connectivity index (χ4v) is 10.0. The molecule has 0 bridgehead atoms. The SMILES string of the molecule is O[C@@H](c1cnn2c(N[C@@H]3CCC4=C(C3)c3ccccc3C4)nc(-c3cncc(F)c3)nc12)C(F)(F)F.O[C@H](c1cnn2c(N[C@@H]3CCC4=C(C3)c3ccccc3C4)nc(-c3cncc(F)c3)nc12)C(F)(F)F. The number of benzene rings is 2. The Bertz CT molecular complexity index is 3250. The van der Waals surface area contributed by atoms with Gasteiger partial charge in [-0.05, 0) is 96.9 Å². The molecule has 4 N–H and O–H groups in total. The topological polar surface area (TPSA) is 176 Å². The number of allylic oxidation sites excluding steroid dienone is 2. The molecule has 2 aromatic carbocycles. The molecule has 8 aromatic rings. The first kappa shape index (κ1) is 46.7. The van der Waals surface area contributed by atoms with Crippen molar-refractivity contribution >= 4 is 34.3 Å². The van der Waals surface area contributed by atoms with E-state index in [9.17, 15) is 45.3 Å². The minimum atomic E-state index is -4.91. The molecule has 368 valence electrons. The lowest BCUT2D eigenvalue weighted by atomic mass is 9.88. The van der Waals surface area contributed by atoms with Crippen molar-refractivity contribution in [2.24, 2.45) is 0 Å². The summed E-state index contributed by atoms with van der Waals surface area (Å²) in [6.45, 7) is 0. The van der Waals surface area contributed by atoms with E-state index in [0.29, 0.717) is 12.8 Å². The number of alkyl halides is 6. The quantitative estimate of drug-likeness (QED) is 0.106. The molecule has 4 aliphatic carbocycles. The van der Waals surface area contributed by atoms with E-state index in [0.717, 1.165) is 84.5 Å². The number of rotatable bonds is 8. The summed E-state index contributed by atoms with van der Waals surface area (Å²) in [4.78, 5) is 24.9. The van der Waals surface area contributed by atoms with Crippen LogP contribution in [-0.4, -0.2) is 83.8 Å². The predicted octanol–water partition coefficient (Wildman–Crippen LogP) is 9.79. The minimum absolute atomic E-state index is 0.0324. The maximum absolute atomic E-state index is 13.8. The average Bonchev–Trinajstić information content (AvgIpc) is 4.16. The number of fused-ring (bicyclic) bond motifs is 6. The molecule has 14 nitrogen and oxygen atoms in total. The fourth-order valence-electron chi connectivity index (χ4n) is 10.0. The Morgan fingerprint density at radius 2 is 0.972 bits per heavy atom. The number of aliphatic hydroxyl groups excluding tert-OH is 2. The van der Waals surface area contributed by atoms with Crippen LogP contribution in [0.2, 0.25) is 0 Å². The number of nitrogens with zero attached hydrogens (tertiary/aromatic N) is 10. The van der Waals surface area contributed by atoms with Gasteiger partial charge in [-0.2, -0.15) is 55.5 Å². The van der Waals surface area contributed by atoms with Crippen molar-refractivity contribution in [3.8, 4) is 22.8 Å². The Hall–Kier alpha value is -7.72. The van der Waals surface area contributed by atoms with Gasteiger partial charge in [0.15, 0.2) is 35.2 Å². The van der Waals surface area contributed by atoms with E-state index in [-0.39, 0.29) is 58.1 Å². The van der Waals surface area contributed by atoms with Gasteiger partial charge in [0.1, 0.15) is 11.6 Å². The monoisotopic (exact) mass is 992 g/mol. The van der Waals surface area contributed by atoms with Gasteiger partial charge in [0.2, 0.25) is 11.9 Å². The highest BCUT2D eigenvalue weighted by atomic mass is 19.4. The highest BCUT2D eigenvalue weighted by Crippen LogP contribution is 2.44. The third-order valence-electron chi connectivity index (χ3n) is 13.4. The maximum atomic E-state index is 13.8. The zero-order chi connectivity index (χ0) is 50.1. The Kier molecular flexibility index (Phi) is 11.8. The van der Waals surface area contributed by atoms with Gasteiger partial charge in [-0.25, -0.2) is 18.7 Å². The third-order valence-corrected chi connectivity index (χ3v) is 13.4. The molecule has 0 saturated carbocycles. The van der Waals surface area contributed by atoms with Gasteiger partial charge in [0, 0.05) is 35.6 Å². The molecule has 6 heterocycles. The lowest BCUT2D eigenvalue weighted by molar-refractivity contribution is -0.206. The van der Waals surface area contributed by atoms with Crippen LogP contribution in [0.4, 0.5) is 47.0 Å². The van der Waals surface area contributed by atoms with E-state index in [1.54, 1.807) is 0 Å². The molecule has 6 aromatic heterocycles. The summed E-state index contributed by atoms with van der Waals surface area (Å²) in [5.41, 5.74) is 9.32. The summed E-state index contributed by atoms with van der Waals surface area (Å²) in [5.74, 6) is -1.03. The first-order chi connectivity index (χ1) is 34.6. The van der Waals surface area contributed by atoms with Crippen molar-refractivity contribution < 1.29 is 45.3 Å². The van der Waals surface area contributed by atoms with E-state index in [1.807, 2.05) is 24.3 Å².